The van der Waals surface area contributed by atoms with E-state index in [-0.39, 0.29) is 12.3 Å². The van der Waals surface area contributed by atoms with Crippen molar-refractivity contribution in [1.82, 2.24) is 15.4 Å². The summed E-state index contributed by atoms with van der Waals surface area (Å²) in [4.78, 5) is 20.8. The molecular formula is C17H13Cl3N4OS. The number of carbonyl (C=O) groups excluding carboxylic acids is 1. The molecule has 0 spiro atoms. The molecule has 9 heteroatoms. The predicted molar refractivity (Wildman–Crippen MR) is 106 cm³/mol. The molecule has 3 rings (SSSR count). The van der Waals surface area contributed by atoms with Gasteiger partial charge >= 0.3 is 0 Å². The van der Waals surface area contributed by atoms with Crippen molar-refractivity contribution in [1.29, 1.82) is 0 Å². The monoisotopic (exact) mass is 426 g/mol. The third kappa shape index (κ3) is 5.08. The number of benzene rings is 1. The van der Waals surface area contributed by atoms with Crippen molar-refractivity contribution in [2.24, 2.45) is 0 Å². The van der Waals surface area contributed by atoms with Crippen molar-refractivity contribution in [2.75, 3.05) is 5.43 Å². The van der Waals surface area contributed by atoms with Crippen LogP contribution in [0.5, 0.6) is 0 Å². The third-order valence-electron chi connectivity index (χ3n) is 3.33. The highest BCUT2D eigenvalue weighted by molar-refractivity contribution is 7.09. The van der Waals surface area contributed by atoms with Gasteiger partial charge in [-0.05, 0) is 24.3 Å². The molecule has 0 saturated heterocycles. The second-order valence-electron chi connectivity index (χ2n) is 5.32. The zero-order valence-electron chi connectivity index (χ0n) is 13.3. The van der Waals surface area contributed by atoms with Crippen molar-refractivity contribution in [3.05, 3.63) is 73.4 Å². The number of carbonyl (C=O) groups is 1. The molecule has 0 atom stereocenters. The summed E-state index contributed by atoms with van der Waals surface area (Å²) in [6, 6.07) is 8.81. The lowest BCUT2D eigenvalue weighted by atomic mass is 10.3. The number of thiazole rings is 1. The normalized spacial score (nSPS) is 10.6. The van der Waals surface area contributed by atoms with Gasteiger partial charge in [0.05, 0.1) is 32.9 Å². The Morgan fingerprint density at radius 1 is 1.12 bits per heavy atom. The summed E-state index contributed by atoms with van der Waals surface area (Å²) in [5, 5.41) is 3.81. The van der Waals surface area contributed by atoms with Gasteiger partial charge in [-0.15, -0.1) is 11.3 Å². The second kappa shape index (κ2) is 8.68. The summed E-state index contributed by atoms with van der Waals surface area (Å²) in [6.07, 6.45) is 2.52. The van der Waals surface area contributed by atoms with Crippen molar-refractivity contribution < 1.29 is 4.79 Å². The number of rotatable bonds is 6. The predicted octanol–water partition coefficient (Wildman–Crippen LogP) is 4.77. The second-order valence-corrected chi connectivity index (χ2v) is 7.52. The Kier molecular flexibility index (Phi) is 6.32. The number of amides is 1. The third-order valence-corrected chi connectivity index (χ3v) is 5.05. The lowest BCUT2D eigenvalue weighted by Crippen LogP contribution is -2.31. The van der Waals surface area contributed by atoms with Crippen LogP contribution in [0.15, 0.2) is 41.9 Å². The van der Waals surface area contributed by atoms with E-state index in [1.54, 1.807) is 6.20 Å². The molecule has 26 heavy (non-hydrogen) atoms. The van der Waals surface area contributed by atoms with E-state index in [2.05, 4.69) is 20.8 Å². The van der Waals surface area contributed by atoms with Gasteiger partial charge in [-0.3, -0.25) is 20.6 Å². The van der Waals surface area contributed by atoms with E-state index >= 15 is 0 Å². The van der Waals surface area contributed by atoms with Gasteiger partial charge in [0.25, 0.3) is 0 Å². The maximum absolute atomic E-state index is 12.1. The molecule has 5 nitrogen and oxygen atoms in total. The van der Waals surface area contributed by atoms with Gasteiger partial charge in [0.15, 0.2) is 0 Å². The molecule has 0 saturated carbocycles. The highest BCUT2D eigenvalue weighted by Gasteiger charge is 2.11. The molecule has 2 aromatic heterocycles. The molecular weight excluding hydrogens is 415 g/mol. The van der Waals surface area contributed by atoms with Gasteiger partial charge < -0.3 is 0 Å². The largest absolute Gasteiger partial charge is 0.296 e. The lowest BCUT2D eigenvalue weighted by Gasteiger charge is -2.11. The van der Waals surface area contributed by atoms with Crippen LogP contribution in [0.25, 0.3) is 0 Å². The van der Waals surface area contributed by atoms with Gasteiger partial charge in [-0.1, -0.05) is 40.9 Å². The minimum absolute atomic E-state index is 0.133. The fourth-order valence-electron chi connectivity index (χ4n) is 2.17. The first-order valence-corrected chi connectivity index (χ1v) is 9.55. The van der Waals surface area contributed by atoms with Crippen molar-refractivity contribution >= 4 is 57.7 Å². The zero-order valence-corrected chi connectivity index (χ0v) is 16.4. The number of hydrazine groups is 1. The molecule has 134 valence electrons. The molecule has 1 aromatic carbocycles. The van der Waals surface area contributed by atoms with E-state index in [9.17, 15) is 4.79 Å². The number of pyridine rings is 1. The summed E-state index contributed by atoms with van der Waals surface area (Å²) in [5.74, 6) is -0.262. The maximum Gasteiger partial charge on any atom is 0.244 e. The van der Waals surface area contributed by atoms with E-state index in [1.807, 2.05) is 23.6 Å². The molecule has 3 aromatic rings. The van der Waals surface area contributed by atoms with Crippen LogP contribution in [0.4, 0.5) is 5.69 Å². The molecule has 0 aliphatic heterocycles. The summed E-state index contributed by atoms with van der Waals surface area (Å²) in [5.41, 5.74) is 7.29. The van der Waals surface area contributed by atoms with Gasteiger partial charge in [-0.2, -0.15) is 0 Å². The van der Waals surface area contributed by atoms with Crippen molar-refractivity contribution in [3.8, 4) is 0 Å². The van der Waals surface area contributed by atoms with Gasteiger partial charge in [-0.25, -0.2) is 4.98 Å². The van der Waals surface area contributed by atoms with Crippen LogP contribution < -0.4 is 10.9 Å². The first-order chi connectivity index (χ1) is 12.5. The van der Waals surface area contributed by atoms with Crippen LogP contribution in [0.1, 0.15) is 16.4 Å². The van der Waals surface area contributed by atoms with Crippen LogP contribution >= 0.6 is 46.1 Å². The van der Waals surface area contributed by atoms with E-state index in [4.69, 9.17) is 34.8 Å². The minimum atomic E-state index is -0.262. The first kappa shape index (κ1) is 18.9. The number of anilines is 1. The number of aromatic nitrogens is 2. The SMILES string of the molecule is O=C(Cc1csc(Cc2ccccn2)n1)NNc1c(Cl)cc(Cl)cc1Cl. The smallest absolute Gasteiger partial charge is 0.244 e. The molecule has 0 aliphatic rings. The number of hydrogen-bond donors (Lipinski definition) is 2. The van der Waals surface area contributed by atoms with Gasteiger partial charge in [0.1, 0.15) is 0 Å². The van der Waals surface area contributed by atoms with Crippen LogP contribution in [-0.4, -0.2) is 15.9 Å². The molecule has 0 radical (unpaired) electrons. The Hall–Kier alpha value is -1.86. The molecule has 0 aliphatic carbocycles. The standard InChI is InChI=1S/C17H13Cl3N4OS/c18-10-5-13(19)17(14(20)6-10)24-23-15(25)7-12-9-26-16(22-12)8-11-3-1-2-4-21-11/h1-6,9,24H,7-8H2,(H,23,25). The zero-order chi connectivity index (χ0) is 18.5. The summed E-state index contributed by atoms with van der Waals surface area (Å²) < 4.78 is 0. The lowest BCUT2D eigenvalue weighted by molar-refractivity contribution is -0.120. The molecule has 1 amide bonds. The molecule has 0 bridgehead atoms. The Balaban J connectivity index is 1.56. The highest BCUT2D eigenvalue weighted by Crippen LogP contribution is 2.33. The van der Waals surface area contributed by atoms with Crippen LogP contribution in [0.2, 0.25) is 15.1 Å². The summed E-state index contributed by atoms with van der Waals surface area (Å²) >= 11 is 19.5. The average molecular weight is 428 g/mol. The summed E-state index contributed by atoms with van der Waals surface area (Å²) in [7, 11) is 0. The highest BCUT2D eigenvalue weighted by atomic mass is 35.5. The van der Waals surface area contributed by atoms with Crippen molar-refractivity contribution in [2.45, 2.75) is 12.8 Å². The van der Waals surface area contributed by atoms with Crippen LogP contribution in [0.3, 0.4) is 0 Å². The average Bonchev–Trinajstić information content (AvgIpc) is 3.01. The fraction of sp³-hybridized carbons (Fsp3) is 0.118. The molecule has 0 unspecified atom stereocenters. The Labute approximate surface area is 169 Å². The number of halogens is 3. The molecule has 0 fully saturated rings. The first-order valence-electron chi connectivity index (χ1n) is 7.54. The molecule has 2 heterocycles. The van der Waals surface area contributed by atoms with Crippen LogP contribution in [0, 0.1) is 0 Å². The van der Waals surface area contributed by atoms with E-state index in [0.29, 0.717) is 32.9 Å². The Morgan fingerprint density at radius 2 is 1.88 bits per heavy atom. The fourth-order valence-corrected chi connectivity index (χ4v) is 3.89. The Bertz CT molecular complexity index is 894. The van der Waals surface area contributed by atoms with E-state index in [0.717, 1.165) is 10.7 Å². The van der Waals surface area contributed by atoms with Gasteiger partial charge in [0.2, 0.25) is 5.91 Å². The Morgan fingerprint density at radius 3 is 2.58 bits per heavy atom. The minimum Gasteiger partial charge on any atom is -0.296 e. The van der Waals surface area contributed by atoms with Crippen LogP contribution in [-0.2, 0) is 17.6 Å². The molecule has 2 N–H and O–H groups in total. The number of nitrogens with one attached hydrogen (secondary N) is 2. The van der Waals surface area contributed by atoms with E-state index in [1.165, 1.54) is 23.5 Å². The number of nitrogens with zero attached hydrogens (tertiary/aromatic N) is 2. The number of hydrogen-bond acceptors (Lipinski definition) is 5. The maximum atomic E-state index is 12.1. The van der Waals surface area contributed by atoms with E-state index < -0.39 is 0 Å². The van der Waals surface area contributed by atoms with Gasteiger partial charge in [0, 0.05) is 28.7 Å². The topological polar surface area (TPSA) is 66.9 Å². The van der Waals surface area contributed by atoms with Crippen molar-refractivity contribution in [3.63, 3.8) is 0 Å². The quantitative estimate of drug-likeness (QED) is 0.556. The summed E-state index contributed by atoms with van der Waals surface area (Å²) in [6.45, 7) is 0.